The van der Waals surface area contributed by atoms with Crippen LogP contribution < -0.4 is 9.80 Å². The van der Waals surface area contributed by atoms with Crippen molar-refractivity contribution >= 4 is 27.4 Å². The van der Waals surface area contributed by atoms with E-state index in [4.69, 9.17) is 14.7 Å². The fourth-order valence-corrected chi connectivity index (χ4v) is 5.74. The summed E-state index contributed by atoms with van der Waals surface area (Å²) in [4.78, 5) is 16.6. The summed E-state index contributed by atoms with van der Waals surface area (Å²) in [5, 5.41) is 11.2. The van der Waals surface area contributed by atoms with Gasteiger partial charge in [-0.3, -0.25) is 0 Å². The third kappa shape index (κ3) is 3.11. The third-order valence-corrected chi connectivity index (χ3v) is 7.15. The second-order valence-electron chi connectivity index (χ2n) is 7.76. The summed E-state index contributed by atoms with van der Waals surface area (Å²) in [7, 11) is 0. The molecule has 0 spiro atoms. The Labute approximate surface area is 157 Å². The largest absolute Gasteiger partial charge is 0.393 e. The molecule has 26 heavy (non-hydrogen) atoms. The van der Waals surface area contributed by atoms with Crippen LogP contribution in [-0.4, -0.2) is 60.6 Å². The van der Waals surface area contributed by atoms with Gasteiger partial charge in [0.05, 0.1) is 24.7 Å². The van der Waals surface area contributed by atoms with Gasteiger partial charge in [0.25, 0.3) is 0 Å². The van der Waals surface area contributed by atoms with E-state index in [0.717, 1.165) is 76.8 Å². The maximum atomic E-state index is 9.90. The van der Waals surface area contributed by atoms with Gasteiger partial charge in [0, 0.05) is 18.0 Å². The average Bonchev–Trinajstić information content (AvgIpc) is 3.23. The van der Waals surface area contributed by atoms with E-state index in [9.17, 15) is 5.11 Å². The van der Waals surface area contributed by atoms with Crippen LogP contribution in [0, 0.1) is 0 Å². The van der Waals surface area contributed by atoms with Gasteiger partial charge in [-0.15, -0.1) is 11.3 Å². The van der Waals surface area contributed by atoms with Crippen LogP contribution in [0.4, 0.5) is 5.82 Å². The molecule has 0 unspecified atom stereocenters. The Kier molecular flexibility index (Phi) is 4.56. The average molecular weight is 376 g/mol. The Bertz CT molecular complexity index is 794. The summed E-state index contributed by atoms with van der Waals surface area (Å²) in [6, 6.07) is 0. The van der Waals surface area contributed by atoms with Crippen molar-refractivity contribution in [2.24, 2.45) is 0 Å². The number of aryl methyl sites for hydroxylation is 2. The molecule has 2 N–H and O–H groups in total. The highest BCUT2D eigenvalue weighted by atomic mass is 32.1. The quantitative estimate of drug-likeness (QED) is 0.821. The van der Waals surface area contributed by atoms with Gasteiger partial charge in [0.2, 0.25) is 0 Å². The lowest BCUT2D eigenvalue weighted by Crippen LogP contribution is -3.12. The lowest BCUT2D eigenvalue weighted by Gasteiger charge is -2.31. The Morgan fingerprint density at radius 3 is 2.77 bits per heavy atom. The summed E-state index contributed by atoms with van der Waals surface area (Å²) < 4.78 is 5.49. The number of piperidine rings is 1. The van der Waals surface area contributed by atoms with Gasteiger partial charge < -0.3 is 19.6 Å². The van der Waals surface area contributed by atoms with Crippen LogP contribution in [0.2, 0.25) is 0 Å². The Balaban J connectivity index is 1.53. The smallest absolute Gasteiger partial charge is 0.187 e. The second kappa shape index (κ2) is 7.03. The molecular weight excluding hydrogens is 348 g/mol. The molecule has 0 amide bonds. The van der Waals surface area contributed by atoms with E-state index in [1.54, 1.807) is 0 Å². The molecule has 4 heterocycles. The van der Waals surface area contributed by atoms with Gasteiger partial charge in [-0.05, 0) is 37.7 Å². The maximum Gasteiger partial charge on any atom is 0.187 e. The number of hydrogen-bond acceptors (Lipinski definition) is 6. The third-order valence-electron chi connectivity index (χ3n) is 5.96. The predicted octanol–water partition coefficient (Wildman–Crippen LogP) is 0.556. The lowest BCUT2D eigenvalue weighted by atomic mass is 10.1. The van der Waals surface area contributed by atoms with E-state index in [-0.39, 0.29) is 6.10 Å². The summed E-state index contributed by atoms with van der Waals surface area (Å²) >= 11 is 1.88. The van der Waals surface area contributed by atoms with Crippen LogP contribution in [0.1, 0.15) is 35.5 Å². The zero-order chi connectivity index (χ0) is 17.5. The molecule has 1 aliphatic carbocycles. The Morgan fingerprint density at radius 1 is 1.15 bits per heavy atom. The molecule has 7 heteroatoms. The lowest BCUT2D eigenvalue weighted by molar-refractivity contribution is -0.922. The van der Waals surface area contributed by atoms with Crippen molar-refractivity contribution in [1.29, 1.82) is 0 Å². The Morgan fingerprint density at radius 2 is 1.96 bits per heavy atom. The molecule has 0 atom stereocenters. The van der Waals surface area contributed by atoms with Crippen LogP contribution >= 0.6 is 11.3 Å². The molecule has 0 aromatic carbocycles. The zero-order valence-electron chi connectivity index (χ0n) is 15.2. The molecule has 0 bridgehead atoms. The topological polar surface area (TPSA) is 62.9 Å². The highest BCUT2D eigenvalue weighted by molar-refractivity contribution is 7.19. The molecule has 2 fully saturated rings. The van der Waals surface area contributed by atoms with E-state index in [2.05, 4.69) is 4.90 Å². The number of rotatable bonds is 3. The van der Waals surface area contributed by atoms with Gasteiger partial charge in [-0.1, -0.05) is 0 Å². The van der Waals surface area contributed by atoms with E-state index >= 15 is 0 Å². The van der Waals surface area contributed by atoms with Crippen molar-refractivity contribution in [1.82, 2.24) is 9.97 Å². The molecule has 2 aromatic rings. The number of morpholine rings is 1. The van der Waals surface area contributed by atoms with Crippen molar-refractivity contribution in [3.63, 3.8) is 0 Å². The minimum atomic E-state index is -0.158. The van der Waals surface area contributed by atoms with Crippen LogP contribution in [0.15, 0.2) is 0 Å². The fraction of sp³-hybridized carbons (Fsp3) is 0.684. The number of aromatic nitrogens is 2. The molecule has 2 aromatic heterocycles. The Hall–Kier alpha value is -1.28. The number of thiophene rings is 1. The van der Waals surface area contributed by atoms with Gasteiger partial charge in [-0.2, -0.15) is 0 Å². The summed E-state index contributed by atoms with van der Waals surface area (Å²) in [6.45, 7) is 6.40. The van der Waals surface area contributed by atoms with Crippen molar-refractivity contribution in [2.45, 2.75) is 44.8 Å². The molecule has 2 saturated heterocycles. The van der Waals surface area contributed by atoms with Gasteiger partial charge in [0.1, 0.15) is 30.3 Å². The molecule has 0 saturated carbocycles. The summed E-state index contributed by atoms with van der Waals surface area (Å²) in [6.07, 6.45) is 5.13. The zero-order valence-corrected chi connectivity index (χ0v) is 16.0. The molecule has 0 radical (unpaired) electrons. The van der Waals surface area contributed by atoms with Gasteiger partial charge in [0.15, 0.2) is 5.82 Å². The van der Waals surface area contributed by atoms with Gasteiger partial charge in [-0.25, -0.2) is 9.97 Å². The highest BCUT2D eigenvalue weighted by Gasteiger charge is 2.27. The first-order valence-corrected chi connectivity index (χ1v) is 10.7. The molecule has 5 rings (SSSR count). The number of anilines is 1. The van der Waals surface area contributed by atoms with Crippen molar-refractivity contribution in [3.8, 4) is 0 Å². The number of quaternary nitrogens is 1. The van der Waals surface area contributed by atoms with E-state index in [1.165, 1.54) is 38.4 Å². The SMILES string of the molecule is OC1CCN(c2nc(C[NH+]3CCOCC3)nc3sc4c(c23)CCC4)CC1. The van der Waals surface area contributed by atoms with Crippen molar-refractivity contribution in [3.05, 3.63) is 16.3 Å². The number of ether oxygens (including phenoxy) is 1. The van der Waals surface area contributed by atoms with Gasteiger partial charge >= 0.3 is 0 Å². The number of aliphatic hydroxyl groups is 1. The second-order valence-corrected chi connectivity index (χ2v) is 8.84. The van der Waals surface area contributed by atoms with Crippen molar-refractivity contribution < 1.29 is 14.7 Å². The van der Waals surface area contributed by atoms with E-state index in [1.807, 2.05) is 11.3 Å². The van der Waals surface area contributed by atoms with E-state index < -0.39 is 0 Å². The molecular formula is C19H27N4O2S+. The molecule has 2 aliphatic heterocycles. The standard InChI is InChI=1S/C19H26N4O2S/c24-13-4-6-23(7-5-13)18-17-14-2-1-3-15(14)26-19(17)21-16(20-18)12-22-8-10-25-11-9-22/h13,24H,1-12H2/p+1. The minimum absolute atomic E-state index is 0.158. The number of fused-ring (bicyclic) bond motifs is 3. The van der Waals surface area contributed by atoms with Crippen LogP contribution in [0.25, 0.3) is 10.2 Å². The van der Waals surface area contributed by atoms with Crippen molar-refractivity contribution in [2.75, 3.05) is 44.3 Å². The molecule has 140 valence electrons. The summed E-state index contributed by atoms with van der Waals surface area (Å²) in [5.41, 5.74) is 1.50. The first-order valence-electron chi connectivity index (χ1n) is 9.93. The van der Waals surface area contributed by atoms with Crippen LogP contribution in [-0.2, 0) is 24.1 Å². The number of aliphatic hydroxyl groups excluding tert-OH is 1. The molecule has 6 nitrogen and oxygen atoms in total. The monoisotopic (exact) mass is 375 g/mol. The minimum Gasteiger partial charge on any atom is -0.393 e. The van der Waals surface area contributed by atoms with E-state index in [0.29, 0.717) is 0 Å². The number of hydrogen-bond donors (Lipinski definition) is 2. The number of nitrogens with one attached hydrogen (secondary N) is 1. The predicted molar refractivity (Wildman–Crippen MR) is 102 cm³/mol. The van der Waals surface area contributed by atoms with Crippen LogP contribution in [0.5, 0.6) is 0 Å². The normalized spacial score (nSPS) is 22.3. The maximum absolute atomic E-state index is 9.90. The first kappa shape index (κ1) is 16.9. The first-order chi connectivity index (χ1) is 12.8. The summed E-state index contributed by atoms with van der Waals surface area (Å²) in [5.74, 6) is 2.10. The fourth-order valence-electron chi connectivity index (χ4n) is 4.47. The van der Waals surface area contributed by atoms with Crippen LogP contribution in [0.3, 0.4) is 0 Å². The number of nitrogens with zero attached hydrogens (tertiary/aromatic N) is 3. The molecule has 3 aliphatic rings. The highest BCUT2D eigenvalue weighted by Crippen LogP contribution is 2.41.